The van der Waals surface area contributed by atoms with E-state index in [1.54, 1.807) is 27.7 Å². The molecule has 26 heavy (non-hydrogen) atoms. The van der Waals surface area contributed by atoms with Gasteiger partial charge < -0.3 is 19.8 Å². The lowest BCUT2D eigenvalue weighted by atomic mass is 10.1. The first-order valence-electron chi connectivity index (χ1n) is 9.38. The summed E-state index contributed by atoms with van der Waals surface area (Å²) in [7, 11) is 0. The highest BCUT2D eigenvalue weighted by molar-refractivity contribution is 6.00. The molecule has 0 spiro atoms. The van der Waals surface area contributed by atoms with Crippen LogP contribution in [0.25, 0.3) is 0 Å². The van der Waals surface area contributed by atoms with Gasteiger partial charge in [0.1, 0.15) is 5.69 Å². The lowest BCUT2D eigenvalue weighted by molar-refractivity contribution is 0.0371. The van der Waals surface area contributed by atoms with Crippen LogP contribution in [0.4, 0.5) is 0 Å². The van der Waals surface area contributed by atoms with Gasteiger partial charge in [-0.2, -0.15) is 0 Å². The monoisotopic (exact) mass is 365 g/mol. The van der Waals surface area contributed by atoms with E-state index in [1.807, 2.05) is 0 Å². The first kappa shape index (κ1) is 20.5. The van der Waals surface area contributed by atoms with Crippen molar-refractivity contribution in [2.24, 2.45) is 0 Å². The zero-order valence-electron chi connectivity index (χ0n) is 16.3. The van der Waals surface area contributed by atoms with E-state index in [1.165, 1.54) is 0 Å². The number of H-pyrrole nitrogens is 1. The zero-order chi connectivity index (χ0) is 19.1. The number of hydrogen-bond donors (Lipinski definition) is 2. The Morgan fingerprint density at radius 1 is 1.23 bits per heavy atom. The van der Waals surface area contributed by atoms with Crippen molar-refractivity contribution in [3.05, 3.63) is 22.5 Å². The quantitative estimate of drug-likeness (QED) is 0.544. The summed E-state index contributed by atoms with van der Waals surface area (Å²) in [4.78, 5) is 30.0. The average molecular weight is 365 g/mol. The second-order valence-corrected chi connectivity index (χ2v) is 7.00. The lowest BCUT2D eigenvalue weighted by Gasteiger charge is -2.26. The zero-order valence-corrected chi connectivity index (χ0v) is 16.3. The van der Waals surface area contributed by atoms with Crippen LogP contribution in [0.1, 0.15) is 58.8 Å². The van der Waals surface area contributed by atoms with E-state index in [0.717, 1.165) is 45.7 Å². The SMILES string of the molecule is Cc1[nH]c(C(=O)NCCCCN2CCOCC2)c(C)c1C(=O)OC(C)C. The van der Waals surface area contributed by atoms with Crippen molar-refractivity contribution in [1.82, 2.24) is 15.2 Å². The third-order valence-electron chi connectivity index (χ3n) is 4.50. The third-order valence-corrected chi connectivity index (χ3v) is 4.50. The molecule has 0 atom stereocenters. The molecule has 1 saturated heterocycles. The van der Waals surface area contributed by atoms with Gasteiger partial charge in [0.25, 0.3) is 5.91 Å². The van der Waals surface area contributed by atoms with Crippen molar-refractivity contribution in [2.45, 2.75) is 46.6 Å². The minimum atomic E-state index is -0.393. The average Bonchev–Trinajstić information content (AvgIpc) is 2.89. The predicted molar refractivity (Wildman–Crippen MR) is 99.6 cm³/mol. The Kier molecular flexibility index (Phi) is 7.66. The van der Waals surface area contributed by atoms with Crippen molar-refractivity contribution >= 4 is 11.9 Å². The van der Waals surface area contributed by atoms with Crippen molar-refractivity contribution in [3.8, 4) is 0 Å². The Bertz CT molecular complexity index is 619. The molecule has 0 saturated carbocycles. The minimum Gasteiger partial charge on any atom is -0.459 e. The highest BCUT2D eigenvalue weighted by Crippen LogP contribution is 2.19. The number of amides is 1. The van der Waals surface area contributed by atoms with Crippen LogP contribution in [0.3, 0.4) is 0 Å². The van der Waals surface area contributed by atoms with Gasteiger partial charge in [-0.15, -0.1) is 0 Å². The number of aromatic nitrogens is 1. The molecular weight excluding hydrogens is 334 g/mol. The molecule has 1 fully saturated rings. The Balaban J connectivity index is 1.80. The first-order valence-corrected chi connectivity index (χ1v) is 9.38. The molecule has 1 aliphatic heterocycles. The minimum absolute atomic E-state index is 0.180. The number of morpholine rings is 1. The van der Waals surface area contributed by atoms with Gasteiger partial charge in [0, 0.05) is 25.3 Å². The van der Waals surface area contributed by atoms with Crippen molar-refractivity contribution in [3.63, 3.8) is 0 Å². The van der Waals surface area contributed by atoms with Crippen LogP contribution in [-0.2, 0) is 9.47 Å². The van der Waals surface area contributed by atoms with E-state index in [0.29, 0.717) is 29.1 Å². The number of unbranched alkanes of at least 4 members (excludes halogenated alkanes) is 1. The molecule has 2 rings (SSSR count). The number of carbonyl (C=O) groups excluding carboxylic acids is 2. The summed E-state index contributed by atoms with van der Waals surface area (Å²) in [5.41, 5.74) is 2.19. The van der Waals surface area contributed by atoms with Gasteiger partial charge in [-0.1, -0.05) is 0 Å². The molecule has 0 bridgehead atoms. The number of carbonyl (C=O) groups is 2. The molecule has 1 aromatic heterocycles. The Labute approximate surface area is 155 Å². The van der Waals surface area contributed by atoms with Crippen LogP contribution in [0.15, 0.2) is 0 Å². The summed E-state index contributed by atoms with van der Waals surface area (Å²) < 4.78 is 10.6. The van der Waals surface area contributed by atoms with E-state index in [4.69, 9.17) is 9.47 Å². The van der Waals surface area contributed by atoms with Crippen LogP contribution in [0.2, 0.25) is 0 Å². The smallest absolute Gasteiger partial charge is 0.340 e. The summed E-state index contributed by atoms with van der Waals surface area (Å²) in [5, 5.41) is 2.93. The number of nitrogens with one attached hydrogen (secondary N) is 2. The predicted octanol–water partition coefficient (Wildman–Crippen LogP) is 2.04. The van der Waals surface area contributed by atoms with Gasteiger partial charge in [-0.3, -0.25) is 9.69 Å². The second kappa shape index (κ2) is 9.73. The largest absolute Gasteiger partial charge is 0.459 e. The molecule has 0 unspecified atom stereocenters. The number of rotatable bonds is 8. The van der Waals surface area contributed by atoms with E-state index >= 15 is 0 Å². The highest BCUT2D eigenvalue weighted by atomic mass is 16.5. The number of ether oxygens (including phenoxy) is 2. The maximum atomic E-state index is 12.4. The Morgan fingerprint density at radius 2 is 1.92 bits per heavy atom. The normalized spacial score (nSPS) is 15.3. The molecule has 1 aliphatic rings. The molecule has 1 aromatic rings. The molecule has 0 aliphatic carbocycles. The Hall–Kier alpha value is -1.86. The molecule has 0 radical (unpaired) electrons. The van der Waals surface area contributed by atoms with E-state index in [2.05, 4.69) is 15.2 Å². The fourth-order valence-corrected chi connectivity index (χ4v) is 3.13. The van der Waals surface area contributed by atoms with Crippen molar-refractivity contribution in [1.29, 1.82) is 0 Å². The van der Waals surface area contributed by atoms with E-state index in [9.17, 15) is 9.59 Å². The van der Waals surface area contributed by atoms with Crippen LogP contribution in [-0.4, -0.2) is 67.3 Å². The van der Waals surface area contributed by atoms with Gasteiger partial charge in [0.05, 0.1) is 24.9 Å². The Morgan fingerprint density at radius 3 is 2.58 bits per heavy atom. The summed E-state index contributed by atoms with van der Waals surface area (Å²) >= 11 is 0. The maximum Gasteiger partial charge on any atom is 0.340 e. The molecule has 0 aromatic carbocycles. The highest BCUT2D eigenvalue weighted by Gasteiger charge is 2.23. The summed E-state index contributed by atoms with van der Waals surface area (Å²) in [5.74, 6) is -0.573. The maximum absolute atomic E-state index is 12.4. The van der Waals surface area contributed by atoms with Gasteiger partial charge in [-0.05, 0) is 52.6 Å². The van der Waals surface area contributed by atoms with Crippen LogP contribution in [0, 0.1) is 13.8 Å². The van der Waals surface area contributed by atoms with Crippen LogP contribution in [0.5, 0.6) is 0 Å². The lowest BCUT2D eigenvalue weighted by Crippen LogP contribution is -2.37. The summed E-state index contributed by atoms with van der Waals surface area (Å²) in [6.45, 7) is 12.4. The number of hydrogen-bond acceptors (Lipinski definition) is 5. The van der Waals surface area contributed by atoms with Crippen molar-refractivity contribution < 1.29 is 19.1 Å². The third kappa shape index (κ3) is 5.57. The van der Waals surface area contributed by atoms with Crippen LogP contribution >= 0.6 is 0 Å². The summed E-state index contributed by atoms with van der Waals surface area (Å²) in [6, 6.07) is 0. The fraction of sp³-hybridized carbons (Fsp3) is 0.684. The van der Waals surface area contributed by atoms with E-state index in [-0.39, 0.29) is 12.0 Å². The second-order valence-electron chi connectivity index (χ2n) is 7.00. The fourth-order valence-electron chi connectivity index (χ4n) is 3.13. The molecule has 7 nitrogen and oxygen atoms in total. The topological polar surface area (TPSA) is 83.7 Å². The van der Waals surface area contributed by atoms with E-state index < -0.39 is 5.97 Å². The molecule has 2 heterocycles. The number of nitrogens with zero attached hydrogens (tertiary/aromatic N) is 1. The molecular formula is C19H31N3O4. The number of esters is 1. The van der Waals surface area contributed by atoms with Crippen LogP contribution < -0.4 is 5.32 Å². The van der Waals surface area contributed by atoms with Gasteiger partial charge in [0.15, 0.2) is 0 Å². The van der Waals surface area contributed by atoms with Crippen molar-refractivity contribution in [2.75, 3.05) is 39.4 Å². The number of aryl methyl sites for hydroxylation is 1. The number of aromatic amines is 1. The van der Waals surface area contributed by atoms with Gasteiger partial charge >= 0.3 is 5.97 Å². The molecule has 2 N–H and O–H groups in total. The van der Waals surface area contributed by atoms with Gasteiger partial charge in [0.2, 0.25) is 0 Å². The summed E-state index contributed by atoms with van der Waals surface area (Å²) in [6.07, 6.45) is 1.76. The first-order chi connectivity index (χ1) is 12.4. The van der Waals surface area contributed by atoms with Gasteiger partial charge in [-0.25, -0.2) is 4.79 Å². The molecule has 146 valence electrons. The standard InChI is InChI=1S/C19H31N3O4/c1-13(2)26-19(24)16-14(3)17(21-15(16)4)18(23)20-7-5-6-8-22-9-11-25-12-10-22/h13,21H,5-12H2,1-4H3,(H,20,23). The molecule has 1 amide bonds. The molecule has 7 heteroatoms.